The number of carbonyl (C=O) groups excluding carboxylic acids is 1. The first-order valence-electron chi connectivity index (χ1n) is 5.23. The Kier molecular flexibility index (Phi) is 2.87. The molecule has 17 heavy (non-hydrogen) atoms. The molecule has 1 heterocycles. The van der Waals surface area contributed by atoms with Crippen LogP contribution in [0.1, 0.15) is 21.7 Å². The molecule has 0 fully saturated rings. The molecule has 0 atom stereocenters. The number of carbonyl (C=O) groups is 1. The third-order valence-corrected chi connectivity index (χ3v) is 2.54. The van der Waals surface area contributed by atoms with E-state index in [9.17, 15) is 9.90 Å². The highest BCUT2D eigenvalue weighted by atomic mass is 16.3. The lowest BCUT2D eigenvalue weighted by molar-refractivity contribution is 0.0996. The fourth-order valence-corrected chi connectivity index (χ4v) is 1.53. The Labute approximate surface area is 98.9 Å². The Bertz CT molecular complexity index is 544. The maximum Gasteiger partial charge on any atom is 0.291 e. The van der Waals surface area contributed by atoms with Gasteiger partial charge in [-0.1, -0.05) is 0 Å². The number of amides is 1. The first-order valence-corrected chi connectivity index (χ1v) is 5.23. The zero-order valence-electron chi connectivity index (χ0n) is 9.65. The van der Waals surface area contributed by atoms with Crippen molar-refractivity contribution < 1.29 is 14.3 Å². The Morgan fingerprint density at radius 1 is 1.29 bits per heavy atom. The maximum atomic E-state index is 11.8. The van der Waals surface area contributed by atoms with Gasteiger partial charge in [-0.15, -0.1) is 0 Å². The molecule has 0 bridgehead atoms. The van der Waals surface area contributed by atoms with Crippen LogP contribution in [0.25, 0.3) is 0 Å². The molecule has 2 rings (SSSR count). The molecule has 2 aromatic rings. The van der Waals surface area contributed by atoms with E-state index in [4.69, 9.17) is 4.42 Å². The minimum absolute atomic E-state index is 0.221. The number of aromatic hydroxyl groups is 1. The molecular weight excluding hydrogens is 218 g/mol. The van der Waals surface area contributed by atoms with Crippen LogP contribution in [-0.4, -0.2) is 11.0 Å². The number of hydrogen-bond donors (Lipinski definition) is 2. The molecule has 0 unspecified atom stereocenters. The number of hydrogen-bond acceptors (Lipinski definition) is 3. The van der Waals surface area contributed by atoms with Crippen LogP contribution in [-0.2, 0) is 0 Å². The van der Waals surface area contributed by atoms with Crippen molar-refractivity contribution in [3.05, 3.63) is 47.4 Å². The van der Waals surface area contributed by atoms with Crippen LogP contribution < -0.4 is 5.32 Å². The Morgan fingerprint density at radius 2 is 2.06 bits per heavy atom. The number of aryl methyl sites for hydroxylation is 2. The second kappa shape index (κ2) is 4.33. The maximum absolute atomic E-state index is 11.8. The topological polar surface area (TPSA) is 62.5 Å². The van der Waals surface area contributed by atoms with Crippen LogP contribution in [0.5, 0.6) is 5.75 Å². The predicted molar refractivity (Wildman–Crippen MR) is 64.2 cm³/mol. The van der Waals surface area contributed by atoms with Crippen LogP contribution in [0.2, 0.25) is 0 Å². The Morgan fingerprint density at radius 3 is 2.71 bits per heavy atom. The molecule has 1 amide bonds. The fraction of sp³-hybridized carbons (Fsp3) is 0.154. The third-order valence-electron chi connectivity index (χ3n) is 2.54. The molecular formula is C13H13NO3. The Hall–Kier alpha value is -2.23. The molecule has 88 valence electrons. The molecule has 1 aromatic carbocycles. The van der Waals surface area contributed by atoms with Crippen LogP contribution >= 0.6 is 0 Å². The highest BCUT2D eigenvalue weighted by Gasteiger charge is 2.11. The normalized spacial score (nSPS) is 10.2. The van der Waals surface area contributed by atoms with E-state index >= 15 is 0 Å². The summed E-state index contributed by atoms with van der Waals surface area (Å²) in [6.07, 6.45) is 1.45. The van der Waals surface area contributed by atoms with Gasteiger partial charge in [-0.2, -0.15) is 0 Å². The lowest BCUT2D eigenvalue weighted by Gasteiger charge is -2.09. The van der Waals surface area contributed by atoms with E-state index in [0.29, 0.717) is 11.3 Å². The average Bonchev–Trinajstić information content (AvgIpc) is 2.79. The molecule has 0 spiro atoms. The summed E-state index contributed by atoms with van der Waals surface area (Å²) in [4.78, 5) is 11.8. The van der Waals surface area contributed by atoms with Gasteiger partial charge in [0.25, 0.3) is 5.91 Å². The van der Waals surface area contributed by atoms with Crippen molar-refractivity contribution in [3.8, 4) is 5.75 Å². The van der Waals surface area contributed by atoms with Gasteiger partial charge in [0.15, 0.2) is 5.76 Å². The van der Waals surface area contributed by atoms with Gasteiger partial charge in [0, 0.05) is 5.69 Å². The van der Waals surface area contributed by atoms with Crippen LogP contribution in [0, 0.1) is 13.8 Å². The monoisotopic (exact) mass is 231 g/mol. The zero-order valence-corrected chi connectivity index (χ0v) is 9.65. The van der Waals surface area contributed by atoms with Gasteiger partial charge in [0.05, 0.1) is 6.26 Å². The van der Waals surface area contributed by atoms with Crippen molar-refractivity contribution >= 4 is 11.6 Å². The summed E-state index contributed by atoms with van der Waals surface area (Å²) in [5, 5.41) is 12.2. The predicted octanol–water partition coefficient (Wildman–Crippen LogP) is 2.85. The quantitative estimate of drug-likeness (QED) is 0.781. The molecule has 0 aliphatic carbocycles. The molecule has 0 aliphatic rings. The molecule has 2 N–H and O–H groups in total. The first-order chi connectivity index (χ1) is 8.08. The number of phenolic OH excluding ortho intramolecular Hbond substituents is 1. The van der Waals surface area contributed by atoms with E-state index < -0.39 is 0 Å². The molecule has 0 saturated heterocycles. The number of benzene rings is 1. The molecule has 0 radical (unpaired) electrons. The van der Waals surface area contributed by atoms with Crippen LogP contribution in [0.3, 0.4) is 0 Å². The second-order valence-electron chi connectivity index (χ2n) is 3.89. The summed E-state index contributed by atoms with van der Waals surface area (Å²) in [7, 11) is 0. The van der Waals surface area contributed by atoms with Crippen molar-refractivity contribution in [2.45, 2.75) is 13.8 Å². The molecule has 0 aliphatic heterocycles. The minimum Gasteiger partial charge on any atom is -0.508 e. The number of furan rings is 1. The lowest BCUT2D eigenvalue weighted by Crippen LogP contribution is -2.11. The number of rotatable bonds is 2. The molecule has 0 saturated carbocycles. The van der Waals surface area contributed by atoms with Crippen molar-refractivity contribution in [2.75, 3.05) is 5.32 Å². The summed E-state index contributed by atoms with van der Waals surface area (Å²) in [5.41, 5.74) is 2.18. The summed E-state index contributed by atoms with van der Waals surface area (Å²) in [5.74, 6) is 0.178. The van der Waals surface area contributed by atoms with E-state index in [1.165, 1.54) is 6.26 Å². The van der Waals surface area contributed by atoms with E-state index in [1.807, 2.05) is 6.92 Å². The molecule has 4 heteroatoms. The fourth-order valence-electron chi connectivity index (χ4n) is 1.53. The van der Waals surface area contributed by atoms with E-state index in [1.54, 1.807) is 31.2 Å². The number of nitrogens with one attached hydrogen (secondary N) is 1. The van der Waals surface area contributed by atoms with Gasteiger partial charge in [-0.3, -0.25) is 4.79 Å². The largest absolute Gasteiger partial charge is 0.508 e. The van der Waals surface area contributed by atoms with Gasteiger partial charge in [-0.05, 0) is 49.2 Å². The van der Waals surface area contributed by atoms with Gasteiger partial charge < -0.3 is 14.8 Å². The van der Waals surface area contributed by atoms with Gasteiger partial charge >= 0.3 is 0 Å². The lowest BCUT2D eigenvalue weighted by atomic mass is 10.1. The molecule has 4 nitrogen and oxygen atoms in total. The zero-order chi connectivity index (χ0) is 12.4. The van der Waals surface area contributed by atoms with Crippen molar-refractivity contribution in [1.29, 1.82) is 0 Å². The van der Waals surface area contributed by atoms with Gasteiger partial charge in [0.2, 0.25) is 0 Å². The SMILES string of the molecule is Cc1cc(NC(=O)c2ccco2)c(C)cc1O. The van der Waals surface area contributed by atoms with Gasteiger partial charge in [-0.25, -0.2) is 0 Å². The summed E-state index contributed by atoms with van der Waals surface area (Å²) in [6, 6.07) is 6.60. The van der Waals surface area contributed by atoms with Crippen LogP contribution in [0.15, 0.2) is 34.9 Å². The highest BCUT2D eigenvalue weighted by Crippen LogP contribution is 2.25. The smallest absolute Gasteiger partial charge is 0.291 e. The molecule has 1 aromatic heterocycles. The average molecular weight is 231 g/mol. The standard InChI is InChI=1S/C13H13NO3/c1-8-7-11(15)9(2)6-10(8)14-13(16)12-4-3-5-17-12/h3-7,15H,1-2H3,(H,14,16). The minimum atomic E-state index is -0.303. The van der Waals surface area contributed by atoms with E-state index in [2.05, 4.69) is 5.32 Å². The Balaban J connectivity index is 2.25. The van der Waals surface area contributed by atoms with E-state index in [-0.39, 0.29) is 17.4 Å². The van der Waals surface area contributed by atoms with Crippen molar-refractivity contribution in [1.82, 2.24) is 0 Å². The number of phenols is 1. The second-order valence-corrected chi connectivity index (χ2v) is 3.89. The summed E-state index contributed by atoms with van der Waals surface area (Å²) >= 11 is 0. The first kappa shape index (κ1) is 11.3. The van der Waals surface area contributed by atoms with E-state index in [0.717, 1.165) is 5.56 Å². The van der Waals surface area contributed by atoms with Crippen LogP contribution in [0.4, 0.5) is 5.69 Å². The van der Waals surface area contributed by atoms with Crippen molar-refractivity contribution in [3.63, 3.8) is 0 Å². The highest BCUT2D eigenvalue weighted by molar-refractivity contribution is 6.02. The number of anilines is 1. The summed E-state index contributed by atoms with van der Waals surface area (Å²) in [6.45, 7) is 3.59. The van der Waals surface area contributed by atoms with Gasteiger partial charge in [0.1, 0.15) is 5.75 Å². The summed E-state index contributed by atoms with van der Waals surface area (Å²) < 4.78 is 5.00. The van der Waals surface area contributed by atoms with Crippen molar-refractivity contribution in [2.24, 2.45) is 0 Å². The third kappa shape index (κ3) is 2.30.